The predicted octanol–water partition coefficient (Wildman–Crippen LogP) is -0.848. The van der Waals surface area contributed by atoms with Crippen LogP contribution in [-0.2, 0) is 0 Å². The summed E-state index contributed by atoms with van der Waals surface area (Å²) in [5.41, 5.74) is 3.39. The van der Waals surface area contributed by atoms with E-state index in [1.807, 2.05) is 22.2 Å². The largest absolute Gasteiger partial charge is 0.269 e. The zero-order chi connectivity index (χ0) is 19.3. The molecule has 0 aliphatic heterocycles. The highest BCUT2D eigenvalue weighted by Gasteiger charge is 2.17. The Balaban J connectivity index is 0.000000431. The van der Waals surface area contributed by atoms with Crippen molar-refractivity contribution < 1.29 is 37.8 Å². The van der Waals surface area contributed by atoms with Crippen LogP contribution in [0.25, 0.3) is 16.8 Å². The van der Waals surface area contributed by atoms with Gasteiger partial charge in [0.2, 0.25) is 5.69 Å². The summed E-state index contributed by atoms with van der Waals surface area (Å²) in [6.07, 6.45) is 2.07. The van der Waals surface area contributed by atoms with Crippen LogP contribution in [-0.4, -0.2) is 4.92 Å². The molecule has 3 rings (SSSR count). The number of nitro groups is 1. The summed E-state index contributed by atoms with van der Waals surface area (Å²) in [5, 5.41) is 10.7. The van der Waals surface area contributed by atoms with Gasteiger partial charge in [-0.3, -0.25) is 10.1 Å². The number of hydrogen-bond acceptors (Lipinski definition) is 7. The third kappa shape index (κ3) is 5.85. The first-order valence-electron chi connectivity index (χ1n) is 7.10. The molecule has 136 valence electrons. The minimum atomic E-state index is -4.94. The molecule has 0 aliphatic carbocycles. The lowest BCUT2D eigenvalue weighted by atomic mass is 10.1. The summed E-state index contributed by atoms with van der Waals surface area (Å²) in [4.78, 5) is 11.5. The maximum Gasteiger partial charge on any atom is 0.269 e. The van der Waals surface area contributed by atoms with E-state index >= 15 is 0 Å². The van der Waals surface area contributed by atoms with Crippen LogP contribution in [0.4, 0.5) is 5.69 Å². The van der Waals surface area contributed by atoms with Crippen molar-refractivity contribution >= 4 is 17.2 Å². The van der Waals surface area contributed by atoms with E-state index < -0.39 is 10.2 Å². The Morgan fingerprint density at radius 3 is 2.00 bits per heavy atom. The zero-order valence-electron chi connectivity index (χ0n) is 13.4. The molecule has 2 aromatic carbocycles. The molecule has 3 aromatic rings. The molecule has 8 nitrogen and oxygen atoms in total. The molecule has 0 spiro atoms. The SMILES string of the molecule is Cc1s[n+](-c2ccc([N+](=O)[O-])cc2)cc1-c1ccccc1.[O-][Cl+3]([O-])([O-])[O-]. The normalized spacial score (nSPS) is 10.8. The van der Waals surface area contributed by atoms with Gasteiger partial charge in [-0.2, -0.15) is 0 Å². The highest BCUT2D eigenvalue weighted by Crippen LogP contribution is 2.25. The predicted molar refractivity (Wildman–Crippen MR) is 82.7 cm³/mol. The maximum atomic E-state index is 10.7. The van der Waals surface area contributed by atoms with Gasteiger partial charge in [0.15, 0.2) is 6.20 Å². The topological polar surface area (TPSA) is 139 Å². The summed E-state index contributed by atoms with van der Waals surface area (Å²) in [5.74, 6) is 0. The number of halogens is 1. The van der Waals surface area contributed by atoms with E-state index in [4.69, 9.17) is 18.6 Å². The van der Waals surface area contributed by atoms with Gasteiger partial charge in [0.1, 0.15) is 11.5 Å². The molecule has 0 N–H and O–H groups in total. The standard InChI is InChI=1S/C16H13N2O2S.ClHO4/c1-12-16(13-5-3-2-4-6-13)11-17(21-12)14-7-9-15(10-8-14)18(19)20;2-1(3,4)5/h2-11H,1H3;(H,2,3,4,5)/q+1;/p-1. The molecule has 1 aromatic heterocycles. The molecular formula is C16H13ClN2O6S. The number of aromatic nitrogens is 1. The number of hydrogen-bond donors (Lipinski definition) is 0. The third-order valence-electron chi connectivity index (χ3n) is 3.26. The van der Waals surface area contributed by atoms with Crippen LogP contribution in [0.2, 0.25) is 0 Å². The van der Waals surface area contributed by atoms with E-state index in [0.29, 0.717) is 0 Å². The second-order valence-corrected chi connectivity index (χ2v) is 6.98. The molecule has 0 aliphatic rings. The molecule has 0 saturated heterocycles. The Bertz CT molecular complexity index is 872. The van der Waals surface area contributed by atoms with Crippen LogP contribution in [0.3, 0.4) is 0 Å². The Morgan fingerprint density at radius 2 is 1.50 bits per heavy atom. The lowest BCUT2D eigenvalue weighted by Gasteiger charge is -2.17. The molecular weight excluding hydrogens is 384 g/mol. The Morgan fingerprint density at radius 1 is 0.962 bits per heavy atom. The Hall–Kier alpha value is -2.40. The number of non-ortho nitro benzene ring substituents is 1. The molecule has 10 heteroatoms. The highest BCUT2D eigenvalue weighted by atomic mass is 35.7. The molecule has 0 atom stereocenters. The Labute approximate surface area is 154 Å². The number of aryl methyl sites for hydroxylation is 1. The Kier molecular flexibility index (Phi) is 6.37. The van der Waals surface area contributed by atoms with Gasteiger partial charge in [-0.1, -0.05) is 30.3 Å². The van der Waals surface area contributed by atoms with Crippen LogP contribution in [0.1, 0.15) is 4.88 Å². The summed E-state index contributed by atoms with van der Waals surface area (Å²) in [6, 6.07) is 16.8. The van der Waals surface area contributed by atoms with Gasteiger partial charge < -0.3 is 0 Å². The van der Waals surface area contributed by atoms with E-state index in [-0.39, 0.29) is 10.6 Å². The first-order chi connectivity index (χ1) is 12.1. The average Bonchev–Trinajstić information content (AvgIpc) is 2.96. The summed E-state index contributed by atoms with van der Waals surface area (Å²) >= 11 is 1.62. The van der Waals surface area contributed by atoms with E-state index in [0.717, 1.165) is 5.69 Å². The molecule has 0 radical (unpaired) electrons. The molecule has 0 saturated carbocycles. The lowest BCUT2D eigenvalue weighted by Crippen LogP contribution is -2.68. The second kappa shape index (κ2) is 8.32. The van der Waals surface area contributed by atoms with Crippen molar-refractivity contribution in [1.29, 1.82) is 0 Å². The van der Waals surface area contributed by atoms with E-state index in [1.165, 1.54) is 28.1 Å². The van der Waals surface area contributed by atoms with Gasteiger partial charge >= 0.3 is 0 Å². The van der Waals surface area contributed by atoms with Crippen LogP contribution in [0, 0.1) is 27.3 Å². The molecule has 0 bridgehead atoms. The van der Waals surface area contributed by atoms with Gasteiger partial charge in [-0.25, -0.2) is 18.6 Å². The first kappa shape index (κ1) is 19.9. The number of benzene rings is 2. The van der Waals surface area contributed by atoms with Crippen molar-refractivity contribution in [2.24, 2.45) is 0 Å². The molecule has 0 fully saturated rings. The lowest BCUT2D eigenvalue weighted by molar-refractivity contribution is -2.00. The average molecular weight is 397 g/mol. The van der Waals surface area contributed by atoms with Crippen molar-refractivity contribution in [3.63, 3.8) is 0 Å². The first-order valence-corrected chi connectivity index (χ1v) is 9.10. The molecule has 0 unspecified atom stereocenters. The van der Waals surface area contributed by atoms with E-state index in [2.05, 4.69) is 25.3 Å². The number of nitro benzene ring substituents is 1. The van der Waals surface area contributed by atoms with Crippen LogP contribution < -0.4 is 22.6 Å². The minimum Gasteiger partial charge on any atom is -0.258 e. The van der Waals surface area contributed by atoms with Crippen molar-refractivity contribution in [2.45, 2.75) is 6.92 Å². The fraction of sp³-hybridized carbons (Fsp3) is 0.0625. The summed E-state index contributed by atoms with van der Waals surface area (Å²) < 4.78 is 36.0. The fourth-order valence-electron chi connectivity index (χ4n) is 2.18. The van der Waals surface area contributed by atoms with Crippen molar-refractivity contribution in [1.82, 2.24) is 0 Å². The quantitative estimate of drug-likeness (QED) is 0.321. The smallest absolute Gasteiger partial charge is 0.258 e. The van der Waals surface area contributed by atoms with Crippen LogP contribution >= 0.6 is 11.5 Å². The van der Waals surface area contributed by atoms with Crippen molar-refractivity contribution in [3.05, 3.63) is 75.8 Å². The summed E-state index contributed by atoms with van der Waals surface area (Å²) in [6.45, 7) is 2.08. The van der Waals surface area contributed by atoms with Gasteiger partial charge in [-0.05, 0) is 12.5 Å². The molecule has 26 heavy (non-hydrogen) atoms. The van der Waals surface area contributed by atoms with Crippen molar-refractivity contribution in [2.75, 3.05) is 0 Å². The van der Waals surface area contributed by atoms with Crippen LogP contribution in [0.15, 0.2) is 60.8 Å². The second-order valence-electron chi connectivity index (χ2n) is 5.03. The van der Waals surface area contributed by atoms with E-state index in [9.17, 15) is 10.1 Å². The van der Waals surface area contributed by atoms with Crippen molar-refractivity contribution in [3.8, 4) is 16.8 Å². The highest BCUT2D eigenvalue weighted by molar-refractivity contribution is 7.02. The third-order valence-corrected chi connectivity index (χ3v) is 4.27. The van der Waals surface area contributed by atoms with Gasteiger partial charge in [0, 0.05) is 24.3 Å². The number of rotatable bonds is 3. The monoisotopic (exact) mass is 396 g/mol. The number of nitrogens with zero attached hydrogens (tertiary/aromatic N) is 2. The van der Waals surface area contributed by atoms with Crippen LogP contribution in [0.5, 0.6) is 0 Å². The zero-order valence-corrected chi connectivity index (χ0v) is 15.0. The minimum absolute atomic E-state index is 0.107. The van der Waals surface area contributed by atoms with E-state index in [1.54, 1.807) is 23.7 Å². The van der Waals surface area contributed by atoms with Gasteiger partial charge in [-0.15, -0.1) is 14.2 Å². The molecule has 0 amide bonds. The molecule has 1 heterocycles. The summed E-state index contributed by atoms with van der Waals surface area (Å²) in [7, 11) is -4.94. The maximum absolute atomic E-state index is 10.7. The van der Waals surface area contributed by atoms with Gasteiger partial charge in [0.25, 0.3) is 5.69 Å². The fourth-order valence-corrected chi connectivity index (χ4v) is 3.12. The van der Waals surface area contributed by atoms with Gasteiger partial charge in [0.05, 0.1) is 15.4 Å².